The highest BCUT2D eigenvalue weighted by atomic mass is 32.2. The Labute approximate surface area is 123 Å². The Balaban J connectivity index is 2.36. The second-order valence-electron chi connectivity index (χ2n) is 5.57. The summed E-state index contributed by atoms with van der Waals surface area (Å²) in [4.78, 5) is 10.3. The predicted molar refractivity (Wildman–Crippen MR) is 78.7 cm³/mol. The summed E-state index contributed by atoms with van der Waals surface area (Å²) >= 11 is 0. The molecule has 7 nitrogen and oxygen atoms in total. The van der Waals surface area contributed by atoms with Gasteiger partial charge >= 0.3 is 0 Å². The van der Waals surface area contributed by atoms with Crippen molar-refractivity contribution in [3.05, 3.63) is 33.9 Å². The number of sulfonamides is 1. The average molecular weight is 313 g/mol. The van der Waals surface area contributed by atoms with Crippen LogP contribution in [0.1, 0.15) is 25.3 Å². The fourth-order valence-electron chi connectivity index (χ4n) is 2.55. The molecule has 0 saturated carbocycles. The standard InChI is InChI=1S/C13H19N3O4S/c1-10-11(16(17)18)4-3-5-12(10)21(19,20)15-13(2)6-8-14-9-7-13/h3-5,14-15H,6-9H2,1-2H3. The van der Waals surface area contributed by atoms with Gasteiger partial charge in [-0.3, -0.25) is 10.1 Å². The van der Waals surface area contributed by atoms with E-state index >= 15 is 0 Å². The maximum Gasteiger partial charge on any atom is 0.273 e. The molecule has 1 aliphatic heterocycles. The van der Waals surface area contributed by atoms with Crippen LogP contribution in [0.25, 0.3) is 0 Å². The molecule has 116 valence electrons. The Hall–Kier alpha value is -1.51. The van der Waals surface area contributed by atoms with E-state index in [4.69, 9.17) is 0 Å². The molecule has 1 aliphatic rings. The topological polar surface area (TPSA) is 101 Å². The van der Waals surface area contributed by atoms with Crippen molar-refractivity contribution in [2.24, 2.45) is 0 Å². The number of hydrogen-bond acceptors (Lipinski definition) is 5. The Morgan fingerprint density at radius 2 is 1.95 bits per heavy atom. The zero-order valence-electron chi connectivity index (χ0n) is 12.0. The first-order valence-corrected chi connectivity index (χ1v) is 8.22. The summed E-state index contributed by atoms with van der Waals surface area (Å²) in [6.07, 6.45) is 1.36. The molecule has 1 fully saturated rings. The second-order valence-corrected chi connectivity index (χ2v) is 7.22. The normalized spacial score (nSPS) is 18.4. The molecule has 1 aromatic rings. The lowest BCUT2D eigenvalue weighted by molar-refractivity contribution is -0.385. The molecule has 21 heavy (non-hydrogen) atoms. The van der Waals surface area contributed by atoms with Crippen molar-refractivity contribution in [2.75, 3.05) is 13.1 Å². The molecule has 0 spiro atoms. The molecular formula is C13H19N3O4S. The van der Waals surface area contributed by atoms with Crippen LogP contribution in [0.15, 0.2) is 23.1 Å². The van der Waals surface area contributed by atoms with Gasteiger partial charge in [-0.15, -0.1) is 0 Å². The van der Waals surface area contributed by atoms with Gasteiger partial charge in [0.2, 0.25) is 10.0 Å². The minimum Gasteiger partial charge on any atom is -0.317 e. The van der Waals surface area contributed by atoms with Crippen molar-refractivity contribution >= 4 is 15.7 Å². The molecule has 8 heteroatoms. The quantitative estimate of drug-likeness (QED) is 0.645. The van der Waals surface area contributed by atoms with Crippen LogP contribution >= 0.6 is 0 Å². The third-order valence-corrected chi connectivity index (χ3v) is 5.61. The predicted octanol–water partition coefficient (Wildman–Crippen LogP) is 1.32. The van der Waals surface area contributed by atoms with Crippen LogP contribution in [0, 0.1) is 17.0 Å². The van der Waals surface area contributed by atoms with Gasteiger partial charge < -0.3 is 5.32 Å². The minimum absolute atomic E-state index is 0.0311. The Kier molecular flexibility index (Phi) is 4.31. The van der Waals surface area contributed by atoms with Gasteiger partial charge in [0, 0.05) is 17.2 Å². The fraction of sp³-hybridized carbons (Fsp3) is 0.538. The van der Waals surface area contributed by atoms with Crippen LogP contribution in [0.3, 0.4) is 0 Å². The number of piperidine rings is 1. The number of nitro benzene ring substituents is 1. The van der Waals surface area contributed by atoms with Gasteiger partial charge in [-0.25, -0.2) is 13.1 Å². The zero-order valence-corrected chi connectivity index (χ0v) is 12.9. The molecule has 0 radical (unpaired) electrons. The van der Waals surface area contributed by atoms with Crippen LogP contribution < -0.4 is 10.0 Å². The molecule has 1 heterocycles. The van der Waals surface area contributed by atoms with Gasteiger partial charge in [0.05, 0.1) is 9.82 Å². The number of hydrogen-bond donors (Lipinski definition) is 2. The number of nitro groups is 1. The molecule has 0 atom stereocenters. The van der Waals surface area contributed by atoms with E-state index in [0.717, 1.165) is 13.1 Å². The van der Waals surface area contributed by atoms with Gasteiger partial charge in [-0.1, -0.05) is 6.07 Å². The van der Waals surface area contributed by atoms with Crippen molar-refractivity contribution in [1.82, 2.24) is 10.0 Å². The van der Waals surface area contributed by atoms with E-state index in [2.05, 4.69) is 10.0 Å². The summed E-state index contributed by atoms with van der Waals surface area (Å²) < 4.78 is 27.8. The summed E-state index contributed by atoms with van der Waals surface area (Å²) in [6, 6.07) is 4.10. The van der Waals surface area contributed by atoms with Gasteiger partial charge in [0.1, 0.15) is 0 Å². The van der Waals surface area contributed by atoms with E-state index in [9.17, 15) is 18.5 Å². The molecule has 0 amide bonds. The summed E-state index contributed by atoms with van der Waals surface area (Å²) in [5.41, 5.74) is -0.554. The van der Waals surface area contributed by atoms with Crippen LogP contribution in [0.4, 0.5) is 5.69 Å². The first kappa shape index (κ1) is 15.9. The molecule has 0 unspecified atom stereocenters. The lowest BCUT2D eigenvalue weighted by atomic mass is 9.92. The van der Waals surface area contributed by atoms with E-state index < -0.39 is 20.5 Å². The third kappa shape index (κ3) is 3.39. The zero-order chi connectivity index (χ0) is 15.7. The summed E-state index contributed by atoms with van der Waals surface area (Å²) in [7, 11) is -3.79. The maximum absolute atomic E-state index is 12.5. The molecule has 1 aromatic carbocycles. The van der Waals surface area contributed by atoms with Gasteiger partial charge in [0.15, 0.2) is 0 Å². The number of nitrogens with one attached hydrogen (secondary N) is 2. The van der Waals surface area contributed by atoms with Crippen molar-refractivity contribution in [3.63, 3.8) is 0 Å². The van der Waals surface area contributed by atoms with Crippen LogP contribution in [-0.2, 0) is 10.0 Å². The fourth-order valence-corrected chi connectivity index (χ4v) is 4.28. The highest BCUT2D eigenvalue weighted by Crippen LogP contribution is 2.27. The number of rotatable bonds is 4. The Morgan fingerprint density at radius 1 is 1.33 bits per heavy atom. The molecule has 1 saturated heterocycles. The van der Waals surface area contributed by atoms with E-state index in [1.807, 2.05) is 6.92 Å². The highest BCUT2D eigenvalue weighted by molar-refractivity contribution is 7.89. The van der Waals surface area contributed by atoms with E-state index in [1.54, 1.807) is 0 Å². The van der Waals surface area contributed by atoms with E-state index in [-0.39, 0.29) is 16.1 Å². The molecule has 0 bridgehead atoms. The SMILES string of the molecule is Cc1c([N+](=O)[O-])cccc1S(=O)(=O)NC1(C)CCNCC1. The summed E-state index contributed by atoms with van der Waals surface area (Å²) in [5.74, 6) is 0. The van der Waals surface area contributed by atoms with Crippen LogP contribution in [0.2, 0.25) is 0 Å². The van der Waals surface area contributed by atoms with Gasteiger partial charge in [-0.2, -0.15) is 0 Å². The average Bonchev–Trinajstić information content (AvgIpc) is 2.37. The van der Waals surface area contributed by atoms with Crippen molar-refractivity contribution in [2.45, 2.75) is 37.1 Å². The molecule has 2 rings (SSSR count). The van der Waals surface area contributed by atoms with E-state index in [1.165, 1.54) is 25.1 Å². The van der Waals surface area contributed by atoms with Crippen molar-refractivity contribution in [3.8, 4) is 0 Å². The third-order valence-electron chi connectivity index (χ3n) is 3.83. The number of nitrogens with zero attached hydrogens (tertiary/aromatic N) is 1. The molecule has 0 aliphatic carbocycles. The lowest BCUT2D eigenvalue weighted by Crippen LogP contribution is -2.52. The molecule has 0 aromatic heterocycles. The second kappa shape index (κ2) is 5.70. The largest absolute Gasteiger partial charge is 0.317 e. The monoisotopic (exact) mass is 313 g/mol. The Morgan fingerprint density at radius 3 is 2.52 bits per heavy atom. The summed E-state index contributed by atoms with van der Waals surface area (Å²) in [6.45, 7) is 4.80. The highest BCUT2D eigenvalue weighted by Gasteiger charge is 2.33. The smallest absolute Gasteiger partial charge is 0.273 e. The molecule has 2 N–H and O–H groups in total. The Bertz CT molecular complexity index is 651. The van der Waals surface area contributed by atoms with Crippen LogP contribution in [0.5, 0.6) is 0 Å². The molecular weight excluding hydrogens is 294 g/mol. The number of benzene rings is 1. The van der Waals surface area contributed by atoms with Crippen molar-refractivity contribution in [1.29, 1.82) is 0 Å². The van der Waals surface area contributed by atoms with Gasteiger partial charge in [-0.05, 0) is 45.8 Å². The first-order chi connectivity index (χ1) is 9.75. The first-order valence-electron chi connectivity index (χ1n) is 6.74. The maximum atomic E-state index is 12.5. The minimum atomic E-state index is -3.79. The van der Waals surface area contributed by atoms with Crippen molar-refractivity contribution < 1.29 is 13.3 Å². The summed E-state index contributed by atoms with van der Waals surface area (Å²) in [5, 5.41) is 14.1. The lowest BCUT2D eigenvalue weighted by Gasteiger charge is -2.34. The van der Waals surface area contributed by atoms with E-state index in [0.29, 0.717) is 12.8 Å². The van der Waals surface area contributed by atoms with Crippen LogP contribution in [-0.4, -0.2) is 32.0 Å². The van der Waals surface area contributed by atoms with Gasteiger partial charge in [0.25, 0.3) is 5.69 Å².